The highest BCUT2D eigenvalue weighted by Crippen LogP contribution is 2.33. The molecule has 3 aromatic rings. The lowest BCUT2D eigenvalue weighted by Crippen LogP contribution is -2.29. The number of hydrogen-bond donors (Lipinski definition) is 3. The summed E-state index contributed by atoms with van der Waals surface area (Å²) in [7, 11) is 1.47. The summed E-state index contributed by atoms with van der Waals surface area (Å²) in [5, 5.41) is 17.8. The Morgan fingerprint density at radius 2 is 1.84 bits per heavy atom. The Hall–Kier alpha value is -4.08. The Labute approximate surface area is 214 Å². The number of carboxylic acids is 1. The van der Waals surface area contributed by atoms with Crippen LogP contribution in [0, 0.1) is 5.92 Å². The summed E-state index contributed by atoms with van der Waals surface area (Å²) in [6.07, 6.45) is 3.74. The first-order chi connectivity index (χ1) is 17.6. The first-order valence-electron chi connectivity index (χ1n) is 12.3. The maximum Gasteiger partial charge on any atom is 0.405 e. The van der Waals surface area contributed by atoms with Crippen LogP contribution in [-0.4, -0.2) is 46.5 Å². The number of nitrogens with one attached hydrogen (secondary N) is 1. The molecule has 0 unspecified atom stereocenters. The average molecular weight is 509 g/mol. The number of amides is 2. The van der Waals surface area contributed by atoms with E-state index in [9.17, 15) is 19.5 Å². The van der Waals surface area contributed by atoms with Gasteiger partial charge >= 0.3 is 12.1 Å². The molecule has 0 saturated heterocycles. The van der Waals surface area contributed by atoms with Crippen molar-refractivity contribution in [2.75, 3.05) is 13.7 Å². The molecular weight excluding hydrogens is 476 g/mol. The van der Waals surface area contributed by atoms with E-state index in [1.807, 2.05) is 0 Å². The Bertz CT molecular complexity index is 1340. The maximum absolute atomic E-state index is 13.0. The van der Waals surface area contributed by atoms with Crippen LogP contribution in [0.1, 0.15) is 71.5 Å². The molecule has 0 bridgehead atoms. The lowest BCUT2D eigenvalue weighted by Gasteiger charge is -2.22. The zero-order chi connectivity index (χ0) is 26.7. The van der Waals surface area contributed by atoms with Gasteiger partial charge in [-0.3, -0.25) is 9.48 Å². The summed E-state index contributed by atoms with van der Waals surface area (Å²) < 4.78 is 12.5. The second-order valence-corrected chi connectivity index (χ2v) is 9.86. The number of aromatic carboxylic acids is 1. The molecule has 10 heteroatoms. The molecule has 4 N–H and O–H groups in total. The van der Waals surface area contributed by atoms with E-state index < -0.39 is 17.7 Å². The Morgan fingerprint density at radius 3 is 2.49 bits per heavy atom. The number of rotatable bonds is 9. The molecule has 2 aromatic carbocycles. The number of nitrogens with two attached hydrogens (primary N) is 1. The minimum Gasteiger partial charge on any atom is -0.496 e. The third-order valence-electron chi connectivity index (χ3n) is 6.82. The van der Waals surface area contributed by atoms with Gasteiger partial charge in [0.1, 0.15) is 11.4 Å². The van der Waals surface area contributed by atoms with Gasteiger partial charge in [-0.15, -0.1) is 0 Å². The first kappa shape index (κ1) is 26.0. The van der Waals surface area contributed by atoms with Gasteiger partial charge in [0.25, 0.3) is 5.91 Å². The quantitative estimate of drug-likeness (QED) is 0.395. The van der Waals surface area contributed by atoms with Crippen molar-refractivity contribution in [3.8, 4) is 5.75 Å². The number of benzene rings is 2. The number of carboxylic acid groups (broad SMARTS) is 1. The fourth-order valence-electron chi connectivity index (χ4n) is 4.90. The van der Waals surface area contributed by atoms with Gasteiger partial charge in [-0.2, -0.15) is 5.10 Å². The number of methoxy groups -OCH3 is 1. The summed E-state index contributed by atoms with van der Waals surface area (Å²) in [4.78, 5) is 35.9. The monoisotopic (exact) mass is 508 g/mol. The van der Waals surface area contributed by atoms with Crippen LogP contribution in [0.2, 0.25) is 0 Å². The van der Waals surface area contributed by atoms with Crippen molar-refractivity contribution in [2.45, 2.75) is 51.7 Å². The summed E-state index contributed by atoms with van der Waals surface area (Å²) in [6.45, 7) is 4.25. The second-order valence-electron chi connectivity index (χ2n) is 9.86. The van der Waals surface area contributed by atoms with E-state index in [2.05, 4.69) is 5.32 Å². The Balaban J connectivity index is 1.74. The molecule has 1 heterocycles. The van der Waals surface area contributed by atoms with Gasteiger partial charge in [-0.25, -0.2) is 9.59 Å². The van der Waals surface area contributed by atoms with E-state index in [1.165, 1.54) is 32.1 Å². The second kappa shape index (κ2) is 10.5. The number of carbonyl (C=O) groups is 3. The highest BCUT2D eigenvalue weighted by molar-refractivity contribution is 5.98. The molecule has 10 nitrogen and oxygen atoms in total. The van der Waals surface area contributed by atoms with Crippen LogP contribution in [0.5, 0.6) is 5.75 Å². The third kappa shape index (κ3) is 5.68. The molecule has 1 fully saturated rings. The SMILES string of the molecule is COc1cc(C(=O)O)ccc1Cn1nc(C(C)(C)OC(N)=O)c2ccc(C(=O)NCC3CCCC3)cc21. The van der Waals surface area contributed by atoms with E-state index in [-0.39, 0.29) is 18.0 Å². The molecule has 0 spiro atoms. The smallest absolute Gasteiger partial charge is 0.405 e. The third-order valence-corrected chi connectivity index (χ3v) is 6.82. The van der Waals surface area contributed by atoms with Gasteiger partial charge in [0.2, 0.25) is 0 Å². The molecule has 1 aliphatic carbocycles. The van der Waals surface area contributed by atoms with Crippen LogP contribution >= 0.6 is 0 Å². The van der Waals surface area contributed by atoms with E-state index in [4.69, 9.17) is 20.3 Å². The molecular formula is C27H32N4O6. The molecule has 1 aromatic heterocycles. The van der Waals surface area contributed by atoms with Crippen molar-refractivity contribution in [1.82, 2.24) is 15.1 Å². The van der Waals surface area contributed by atoms with E-state index in [1.54, 1.807) is 42.8 Å². The number of carbonyl (C=O) groups excluding carboxylic acids is 2. The Kier molecular flexibility index (Phi) is 7.37. The topological polar surface area (TPSA) is 146 Å². The molecule has 0 aliphatic heterocycles. The van der Waals surface area contributed by atoms with Crippen molar-refractivity contribution < 1.29 is 29.0 Å². The minimum absolute atomic E-state index is 0.101. The normalized spacial score (nSPS) is 14.0. The van der Waals surface area contributed by atoms with Crippen LogP contribution in [-0.2, 0) is 16.9 Å². The van der Waals surface area contributed by atoms with Gasteiger partial charge in [-0.1, -0.05) is 18.9 Å². The molecule has 0 radical (unpaired) electrons. The number of fused-ring (bicyclic) bond motifs is 1. The van der Waals surface area contributed by atoms with Crippen LogP contribution in [0.25, 0.3) is 10.9 Å². The van der Waals surface area contributed by atoms with Crippen molar-refractivity contribution >= 4 is 28.9 Å². The predicted octanol–water partition coefficient (Wildman–Crippen LogP) is 4.04. The van der Waals surface area contributed by atoms with Crippen molar-refractivity contribution in [3.63, 3.8) is 0 Å². The van der Waals surface area contributed by atoms with Gasteiger partial charge in [0.15, 0.2) is 5.60 Å². The number of ether oxygens (including phenoxy) is 2. The van der Waals surface area contributed by atoms with Crippen molar-refractivity contribution in [2.24, 2.45) is 11.7 Å². The standard InChI is InChI=1S/C27H32N4O6/c1-27(2,37-26(28)35)23-20-11-10-17(24(32)29-14-16-6-4-5-7-16)12-21(20)31(30-23)15-19-9-8-18(25(33)34)13-22(19)36-3/h8-13,16H,4-7,14-15H2,1-3H3,(H2,28,35)(H,29,32)(H,33,34). The average Bonchev–Trinajstić information content (AvgIpc) is 3.50. The van der Waals surface area contributed by atoms with Gasteiger partial charge in [-0.05, 0) is 62.9 Å². The number of primary amides is 1. The molecule has 1 saturated carbocycles. The minimum atomic E-state index is -1.14. The molecule has 1 aliphatic rings. The number of hydrogen-bond acceptors (Lipinski definition) is 6. The largest absolute Gasteiger partial charge is 0.496 e. The van der Waals surface area contributed by atoms with Gasteiger partial charge < -0.3 is 25.6 Å². The maximum atomic E-state index is 13.0. The predicted molar refractivity (Wildman–Crippen MR) is 137 cm³/mol. The van der Waals surface area contributed by atoms with Crippen LogP contribution < -0.4 is 15.8 Å². The molecule has 196 valence electrons. The molecule has 2 amide bonds. The van der Waals surface area contributed by atoms with E-state index >= 15 is 0 Å². The summed E-state index contributed by atoms with van der Waals surface area (Å²) in [5.74, 6) is -0.324. The van der Waals surface area contributed by atoms with E-state index in [0.29, 0.717) is 45.9 Å². The van der Waals surface area contributed by atoms with Gasteiger partial charge in [0.05, 0.1) is 24.7 Å². The summed E-state index contributed by atoms with van der Waals surface area (Å²) in [6, 6.07) is 9.88. The molecule has 4 rings (SSSR count). The number of aromatic nitrogens is 2. The zero-order valence-corrected chi connectivity index (χ0v) is 21.2. The summed E-state index contributed by atoms with van der Waals surface area (Å²) in [5.41, 5.74) is 6.56. The van der Waals surface area contributed by atoms with E-state index in [0.717, 1.165) is 12.8 Å². The van der Waals surface area contributed by atoms with Crippen molar-refractivity contribution in [1.29, 1.82) is 0 Å². The Morgan fingerprint density at radius 1 is 1.14 bits per heavy atom. The zero-order valence-electron chi connectivity index (χ0n) is 21.2. The van der Waals surface area contributed by atoms with Crippen LogP contribution in [0.4, 0.5) is 4.79 Å². The van der Waals surface area contributed by atoms with Crippen molar-refractivity contribution in [3.05, 3.63) is 58.8 Å². The molecule has 37 heavy (non-hydrogen) atoms. The van der Waals surface area contributed by atoms with Crippen LogP contribution in [0.3, 0.4) is 0 Å². The highest BCUT2D eigenvalue weighted by Gasteiger charge is 2.31. The molecule has 0 atom stereocenters. The van der Waals surface area contributed by atoms with Crippen LogP contribution in [0.15, 0.2) is 36.4 Å². The first-order valence-corrected chi connectivity index (χ1v) is 12.3. The lowest BCUT2D eigenvalue weighted by atomic mass is 10.00. The lowest BCUT2D eigenvalue weighted by molar-refractivity contribution is 0.0405. The van der Waals surface area contributed by atoms with Gasteiger partial charge in [0, 0.05) is 23.1 Å². The fourth-order valence-corrected chi connectivity index (χ4v) is 4.90. The fraction of sp³-hybridized carbons (Fsp3) is 0.407. The highest BCUT2D eigenvalue weighted by atomic mass is 16.6. The number of nitrogens with zero attached hydrogens (tertiary/aromatic N) is 2. The summed E-state index contributed by atoms with van der Waals surface area (Å²) >= 11 is 0.